The van der Waals surface area contributed by atoms with Crippen molar-refractivity contribution in [1.29, 1.82) is 0 Å². The summed E-state index contributed by atoms with van der Waals surface area (Å²) in [6, 6.07) is 4.17. The third-order valence-electron chi connectivity index (χ3n) is 3.83. The zero-order valence-corrected chi connectivity index (χ0v) is 13.2. The number of rotatable bonds is 4. The van der Waals surface area contributed by atoms with E-state index >= 15 is 0 Å². The van der Waals surface area contributed by atoms with Gasteiger partial charge in [0.1, 0.15) is 19.3 Å². The second kappa shape index (κ2) is 6.23. The van der Waals surface area contributed by atoms with E-state index in [0.29, 0.717) is 30.3 Å². The summed E-state index contributed by atoms with van der Waals surface area (Å²) in [4.78, 5) is 28.6. The predicted molar refractivity (Wildman–Crippen MR) is 82.1 cm³/mol. The van der Waals surface area contributed by atoms with E-state index in [-0.39, 0.29) is 11.5 Å². The van der Waals surface area contributed by atoms with E-state index in [0.717, 1.165) is 11.3 Å². The molecule has 0 radical (unpaired) electrons. The Bertz CT molecular complexity index is 785. The second-order valence-electron chi connectivity index (χ2n) is 5.32. The molecule has 1 aliphatic rings. The van der Waals surface area contributed by atoms with Crippen molar-refractivity contribution in [2.45, 2.75) is 13.0 Å². The van der Waals surface area contributed by atoms with Crippen molar-refractivity contribution in [3.63, 3.8) is 0 Å². The van der Waals surface area contributed by atoms with Gasteiger partial charge in [-0.25, -0.2) is 9.78 Å². The lowest BCUT2D eigenvalue weighted by atomic mass is 10.1. The maximum atomic E-state index is 12.5. The van der Waals surface area contributed by atoms with Crippen LogP contribution in [-0.2, 0) is 4.79 Å². The van der Waals surface area contributed by atoms with Crippen LogP contribution in [0, 0.1) is 0 Å². The molecule has 8 nitrogen and oxygen atoms in total. The summed E-state index contributed by atoms with van der Waals surface area (Å²) in [5, 5.41) is 9.05. The van der Waals surface area contributed by atoms with Gasteiger partial charge < -0.3 is 23.9 Å². The first kappa shape index (κ1) is 15.9. The summed E-state index contributed by atoms with van der Waals surface area (Å²) in [6.45, 7) is 2.35. The van der Waals surface area contributed by atoms with Gasteiger partial charge in [-0.3, -0.25) is 4.79 Å². The number of oxazole rings is 1. The van der Waals surface area contributed by atoms with Crippen LogP contribution in [0.2, 0.25) is 0 Å². The number of carbonyl (C=O) groups is 2. The summed E-state index contributed by atoms with van der Waals surface area (Å²) >= 11 is 0. The Morgan fingerprint density at radius 3 is 2.67 bits per heavy atom. The van der Waals surface area contributed by atoms with Crippen LogP contribution in [0.15, 0.2) is 29.0 Å². The molecule has 126 valence electrons. The zero-order valence-electron chi connectivity index (χ0n) is 13.2. The van der Waals surface area contributed by atoms with Crippen molar-refractivity contribution in [1.82, 2.24) is 9.88 Å². The molecular weight excluding hydrogens is 316 g/mol. The van der Waals surface area contributed by atoms with Gasteiger partial charge in [0.05, 0.1) is 0 Å². The molecule has 1 aromatic heterocycles. The third-order valence-corrected chi connectivity index (χ3v) is 3.83. The highest BCUT2D eigenvalue weighted by atomic mass is 16.6. The van der Waals surface area contributed by atoms with Gasteiger partial charge in [0.25, 0.3) is 5.91 Å². The minimum absolute atomic E-state index is 0.0438. The van der Waals surface area contributed by atoms with E-state index in [1.54, 1.807) is 18.2 Å². The van der Waals surface area contributed by atoms with Crippen LogP contribution >= 0.6 is 0 Å². The molecule has 2 aromatic rings. The number of hydrogen-bond acceptors (Lipinski definition) is 6. The number of likely N-dealkylation sites (N-methyl/N-ethyl adjacent to an activating group) is 1. The maximum Gasteiger partial charge on any atom is 0.326 e. The fourth-order valence-corrected chi connectivity index (χ4v) is 2.30. The van der Waals surface area contributed by atoms with E-state index in [4.69, 9.17) is 19.0 Å². The third kappa shape index (κ3) is 2.78. The van der Waals surface area contributed by atoms with E-state index in [9.17, 15) is 9.59 Å². The highest BCUT2D eigenvalue weighted by Crippen LogP contribution is 2.35. The number of carboxylic acids is 1. The van der Waals surface area contributed by atoms with Gasteiger partial charge in [0.2, 0.25) is 0 Å². The van der Waals surface area contributed by atoms with Crippen LogP contribution in [0.25, 0.3) is 11.3 Å². The molecule has 1 N–H and O–H groups in total. The van der Waals surface area contributed by atoms with Crippen LogP contribution in [0.5, 0.6) is 11.5 Å². The Kier molecular flexibility index (Phi) is 4.11. The van der Waals surface area contributed by atoms with Crippen LogP contribution in [-0.4, -0.2) is 53.2 Å². The zero-order chi connectivity index (χ0) is 17.3. The minimum atomic E-state index is -1.10. The second-order valence-corrected chi connectivity index (χ2v) is 5.32. The summed E-state index contributed by atoms with van der Waals surface area (Å²) < 4.78 is 16.3. The van der Waals surface area contributed by atoms with Gasteiger partial charge in [-0.1, -0.05) is 0 Å². The number of benzene rings is 1. The number of aromatic nitrogens is 1. The standard InChI is InChI=1S/C16H16N2O6/c1-9(16(20)21)18(2)15(19)13-14(24-8-17-13)10-3-4-11-12(7-10)23-6-5-22-11/h3-4,7-9H,5-6H2,1-2H3,(H,20,21)/t9-/m0/s1. The van der Waals surface area contributed by atoms with Gasteiger partial charge in [-0.15, -0.1) is 0 Å². The van der Waals surface area contributed by atoms with Crippen LogP contribution in [0.1, 0.15) is 17.4 Å². The number of ether oxygens (including phenoxy) is 2. The number of nitrogens with zero attached hydrogens (tertiary/aromatic N) is 2. The summed E-state index contributed by atoms with van der Waals surface area (Å²) in [6.07, 6.45) is 1.15. The maximum absolute atomic E-state index is 12.5. The lowest BCUT2D eigenvalue weighted by Crippen LogP contribution is -2.40. The Labute approximate surface area is 137 Å². The molecule has 1 atom stereocenters. The van der Waals surface area contributed by atoms with E-state index < -0.39 is 17.9 Å². The van der Waals surface area contributed by atoms with Gasteiger partial charge in [0, 0.05) is 12.6 Å². The van der Waals surface area contributed by atoms with Gasteiger partial charge in [-0.2, -0.15) is 0 Å². The molecule has 0 aliphatic carbocycles. The normalized spacial score (nSPS) is 14.1. The first-order valence-electron chi connectivity index (χ1n) is 7.32. The molecule has 24 heavy (non-hydrogen) atoms. The molecule has 3 rings (SSSR count). The summed E-state index contributed by atoms with van der Waals surface area (Å²) in [5.41, 5.74) is 0.638. The molecule has 0 saturated heterocycles. The molecule has 0 unspecified atom stereocenters. The first-order chi connectivity index (χ1) is 11.5. The lowest BCUT2D eigenvalue weighted by molar-refractivity contribution is -0.141. The van der Waals surface area contributed by atoms with Crippen molar-refractivity contribution < 1.29 is 28.6 Å². The summed E-state index contributed by atoms with van der Waals surface area (Å²) in [5.74, 6) is -0.213. The Morgan fingerprint density at radius 1 is 1.25 bits per heavy atom. The molecule has 1 amide bonds. The average molecular weight is 332 g/mol. The van der Waals surface area contributed by atoms with Crippen molar-refractivity contribution in [3.8, 4) is 22.8 Å². The fraction of sp³-hybridized carbons (Fsp3) is 0.312. The lowest BCUT2D eigenvalue weighted by Gasteiger charge is -2.21. The highest BCUT2D eigenvalue weighted by molar-refractivity contribution is 5.99. The Balaban J connectivity index is 1.93. The van der Waals surface area contributed by atoms with E-state index in [1.165, 1.54) is 14.0 Å². The van der Waals surface area contributed by atoms with E-state index in [1.807, 2.05) is 0 Å². The molecule has 1 aromatic carbocycles. The smallest absolute Gasteiger partial charge is 0.326 e. The number of fused-ring (bicyclic) bond motifs is 1. The summed E-state index contributed by atoms with van der Waals surface area (Å²) in [7, 11) is 1.41. The quantitative estimate of drug-likeness (QED) is 0.908. The molecule has 8 heteroatoms. The Hall–Kier alpha value is -3.03. The Morgan fingerprint density at radius 2 is 1.96 bits per heavy atom. The minimum Gasteiger partial charge on any atom is -0.486 e. The van der Waals surface area contributed by atoms with Crippen molar-refractivity contribution in [3.05, 3.63) is 30.3 Å². The monoisotopic (exact) mass is 332 g/mol. The molecule has 0 bridgehead atoms. The van der Waals surface area contributed by atoms with Gasteiger partial charge in [0.15, 0.2) is 29.3 Å². The largest absolute Gasteiger partial charge is 0.486 e. The number of aliphatic carboxylic acids is 1. The van der Waals surface area contributed by atoms with E-state index in [2.05, 4.69) is 4.98 Å². The van der Waals surface area contributed by atoms with Crippen LogP contribution < -0.4 is 9.47 Å². The average Bonchev–Trinajstić information content (AvgIpc) is 3.08. The van der Waals surface area contributed by atoms with Gasteiger partial charge >= 0.3 is 5.97 Å². The molecule has 0 fully saturated rings. The van der Waals surface area contributed by atoms with Crippen molar-refractivity contribution in [2.75, 3.05) is 20.3 Å². The van der Waals surface area contributed by atoms with Crippen LogP contribution in [0.3, 0.4) is 0 Å². The highest BCUT2D eigenvalue weighted by Gasteiger charge is 2.28. The van der Waals surface area contributed by atoms with Crippen molar-refractivity contribution >= 4 is 11.9 Å². The topological polar surface area (TPSA) is 102 Å². The molecule has 2 heterocycles. The molecule has 0 spiro atoms. The SMILES string of the molecule is C[C@@H](C(=O)O)N(C)C(=O)c1ncoc1-c1ccc2c(c1)OCCO2. The van der Waals surface area contributed by atoms with Gasteiger partial charge in [-0.05, 0) is 25.1 Å². The number of amides is 1. The number of carboxylic acid groups (broad SMARTS) is 1. The molecule has 0 saturated carbocycles. The predicted octanol–water partition coefficient (Wildman–Crippen LogP) is 1.66. The van der Waals surface area contributed by atoms with Crippen LogP contribution in [0.4, 0.5) is 0 Å². The number of carbonyl (C=O) groups excluding carboxylic acids is 1. The first-order valence-corrected chi connectivity index (χ1v) is 7.32. The fourth-order valence-electron chi connectivity index (χ4n) is 2.30. The van der Waals surface area contributed by atoms with Crippen molar-refractivity contribution in [2.24, 2.45) is 0 Å². The molecular formula is C16H16N2O6. The molecule has 1 aliphatic heterocycles. The number of hydrogen-bond donors (Lipinski definition) is 1.